The summed E-state index contributed by atoms with van der Waals surface area (Å²) in [5.74, 6) is 1.91. The van der Waals surface area contributed by atoms with E-state index in [-0.39, 0.29) is 0 Å². The maximum atomic E-state index is 5.12. The molecular formula is C33H47N3. The van der Waals surface area contributed by atoms with Gasteiger partial charge in [0.15, 0.2) is 0 Å². The molecule has 3 rings (SSSR count). The molecule has 0 bridgehead atoms. The van der Waals surface area contributed by atoms with Crippen LogP contribution in [0.2, 0.25) is 0 Å². The summed E-state index contributed by atoms with van der Waals surface area (Å²) in [6.07, 6.45) is 0. The van der Waals surface area contributed by atoms with E-state index in [0.29, 0.717) is 23.7 Å². The zero-order valence-electron chi connectivity index (χ0n) is 24.3. The van der Waals surface area contributed by atoms with Crippen LogP contribution in [-0.4, -0.2) is 19.1 Å². The van der Waals surface area contributed by atoms with Crippen molar-refractivity contribution in [2.75, 3.05) is 23.9 Å². The monoisotopic (exact) mass is 485 g/mol. The number of nitrogens with zero attached hydrogens (tertiary/aromatic N) is 3. The van der Waals surface area contributed by atoms with Crippen LogP contribution in [0.5, 0.6) is 0 Å². The predicted molar refractivity (Wildman–Crippen MR) is 158 cm³/mol. The van der Waals surface area contributed by atoms with E-state index >= 15 is 0 Å². The Kier molecular flexibility index (Phi) is 9.22. The van der Waals surface area contributed by atoms with Crippen LogP contribution >= 0.6 is 0 Å². The fraction of sp³-hybridized carbons (Fsp3) is 0.485. The zero-order valence-corrected chi connectivity index (χ0v) is 24.3. The van der Waals surface area contributed by atoms with Crippen LogP contribution in [0.25, 0.3) is 0 Å². The van der Waals surface area contributed by atoms with Gasteiger partial charge in [0, 0.05) is 25.5 Å². The Bertz CT molecular complexity index is 1000. The molecule has 0 saturated carbocycles. The van der Waals surface area contributed by atoms with Crippen LogP contribution in [0.4, 0.5) is 11.4 Å². The lowest BCUT2D eigenvalue weighted by molar-refractivity contribution is 0.777. The summed E-state index contributed by atoms with van der Waals surface area (Å²) in [6.45, 7) is 19.9. The lowest BCUT2D eigenvalue weighted by Crippen LogP contribution is -2.23. The molecule has 3 nitrogen and oxygen atoms in total. The van der Waals surface area contributed by atoms with Crippen molar-refractivity contribution in [2.24, 2.45) is 0 Å². The smallest absolute Gasteiger partial charge is 0.0600 e. The van der Waals surface area contributed by atoms with Crippen LogP contribution in [0, 0.1) is 0 Å². The third-order valence-corrected chi connectivity index (χ3v) is 7.11. The second-order valence-electron chi connectivity index (χ2n) is 11.5. The molecule has 0 aliphatic carbocycles. The van der Waals surface area contributed by atoms with Gasteiger partial charge in [-0.05, 0) is 58.1 Å². The first kappa shape index (κ1) is 27.8. The van der Waals surface area contributed by atoms with Gasteiger partial charge in [0.25, 0.3) is 0 Å². The number of aromatic nitrogens is 1. The second-order valence-corrected chi connectivity index (χ2v) is 11.5. The van der Waals surface area contributed by atoms with E-state index in [4.69, 9.17) is 4.98 Å². The summed E-state index contributed by atoms with van der Waals surface area (Å²) in [5, 5.41) is 0. The topological polar surface area (TPSA) is 19.4 Å². The van der Waals surface area contributed by atoms with Crippen molar-refractivity contribution in [1.29, 1.82) is 0 Å². The Morgan fingerprint density at radius 3 is 1.06 bits per heavy atom. The highest BCUT2D eigenvalue weighted by Crippen LogP contribution is 2.36. The Labute approximate surface area is 220 Å². The molecule has 194 valence electrons. The first-order chi connectivity index (χ1) is 17.0. The molecular weight excluding hydrogens is 438 g/mol. The summed E-state index contributed by atoms with van der Waals surface area (Å²) in [4.78, 5) is 9.91. The molecule has 1 heterocycles. The van der Waals surface area contributed by atoms with E-state index in [0.717, 1.165) is 24.5 Å². The molecule has 0 spiro atoms. The van der Waals surface area contributed by atoms with E-state index in [1.807, 2.05) is 0 Å². The molecule has 0 aliphatic heterocycles. The summed E-state index contributed by atoms with van der Waals surface area (Å²) in [7, 11) is 4.42. The number of para-hydroxylation sites is 2. The molecule has 0 saturated heterocycles. The Hall–Kier alpha value is -2.81. The Morgan fingerprint density at radius 2 is 0.778 bits per heavy atom. The quantitative estimate of drug-likeness (QED) is 0.286. The van der Waals surface area contributed by atoms with Gasteiger partial charge in [0.05, 0.1) is 24.5 Å². The predicted octanol–water partition coefficient (Wildman–Crippen LogP) is 8.85. The minimum absolute atomic E-state index is 0.477. The van der Waals surface area contributed by atoms with E-state index < -0.39 is 0 Å². The van der Waals surface area contributed by atoms with Crippen molar-refractivity contribution in [1.82, 2.24) is 4.98 Å². The molecule has 0 atom stereocenters. The third kappa shape index (κ3) is 6.30. The minimum atomic E-state index is 0.477. The number of rotatable bonds is 10. The normalized spacial score (nSPS) is 11.7. The zero-order chi connectivity index (χ0) is 26.6. The highest BCUT2D eigenvalue weighted by atomic mass is 15.1. The second kappa shape index (κ2) is 12.0. The Balaban J connectivity index is 1.89. The van der Waals surface area contributed by atoms with Gasteiger partial charge in [-0.25, -0.2) is 0 Å². The van der Waals surface area contributed by atoms with Gasteiger partial charge in [-0.1, -0.05) is 97.9 Å². The Morgan fingerprint density at radius 1 is 0.500 bits per heavy atom. The van der Waals surface area contributed by atoms with E-state index in [9.17, 15) is 0 Å². The molecule has 0 N–H and O–H groups in total. The van der Waals surface area contributed by atoms with Gasteiger partial charge in [0.2, 0.25) is 0 Å². The van der Waals surface area contributed by atoms with Gasteiger partial charge in [0.1, 0.15) is 0 Å². The van der Waals surface area contributed by atoms with Gasteiger partial charge in [-0.2, -0.15) is 0 Å². The SMILES string of the molecule is CC(C)c1cccc(C(C)C)c1N(C)Cc1cccc(CN(C)c2c(C(C)C)cccc2C(C)C)n1. The van der Waals surface area contributed by atoms with E-state index in [1.165, 1.54) is 33.6 Å². The molecule has 0 radical (unpaired) electrons. The highest BCUT2D eigenvalue weighted by Gasteiger charge is 2.19. The molecule has 1 aromatic heterocycles. The molecule has 3 heteroatoms. The van der Waals surface area contributed by atoms with Crippen LogP contribution in [0.3, 0.4) is 0 Å². The maximum absolute atomic E-state index is 5.12. The van der Waals surface area contributed by atoms with Crippen LogP contribution in [-0.2, 0) is 13.1 Å². The molecule has 36 heavy (non-hydrogen) atoms. The lowest BCUT2D eigenvalue weighted by atomic mass is 9.92. The fourth-order valence-corrected chi connectivity index (χ4v) is 5.25. The average Bonchev–Trinajstić information content (AvgIpc) is 2.82. The van der Waals surface area contributed by atoms with Crippen LogP contribution in [0.15, 0.2) is 54.6 Å². The fourth-order valence-electron chi connectivity index (χ4n) is 5.25. The van der Waals surface area contributed by atoms with E-state index in [2.05, 4.69) is 134 Å². The highest BCUT2D eigenvalue weighted by molar-refractivity contribution is 5.62. The summed E-state index contributed by atoms with van der Waals surface area (Å²) < 4.78 is 0. The largest absolute Gasteiger partial charge is 0.368 e. The van der Waals surface area contributed by atoms with Gasteiger partial charge >= 0.3 is 0 Å². The summed E-state index contributed by atoms with van der Waals surface area (Å²) >= 11 is 0. The van der Waals surface area contributed by atoms with Gasteiger partial charge in [-0.15, -0.1) is 0 Å². The molecule has 2 aromatic carbocycles. The van der Waals surface area contributed by atoms with Crippen molar-refractivity contribution >= 4 is 11.4 Å². The number of hydrogen-bond acceptors (Lipinski definition) is 3. The summed E-state index contributed by atoms with van der Waals surface area (Å²) in [5.41, 5.74) is 10.6. The molecule has 0 amide bonds. The first-order valence-electron chi connectivity index (χ1n) is 13.6. The molecule has 3 aromatic rings. The minimum Gasteiger partial charge on any atom is -0.368 e. The van der Waals surface area contributed by atoms with Crippen molar-refractivity contribution in [2.45, 2.75) is 92.2 Å². The number of pyridine rings is 1. The first-order valence-corrected chi connectivity index (χ1v) is 13.6. The van der Waals surface area contributed by atoms with Crippen molar-refractivity contribution in [3.05, 3.63) is 88.2 Å². The van der Waals surface area contributed by atoms with Gasteiger partial charge in [-0.3, -0.25) is 4.98 Å². The van der Waals surface area contributed by atoms with Crippen LogP contribution < -0.4 is 9.80 Å². The molecule has 0 aliphatic rings. The number of anilines is 2. The standard InChI is InChI=1S/C33H47N3/c1-22(2)28-16-12-17-29(23(3)4)32(28)35(9)20-26-14-11-15-27(34-26)21-36(10)33-30(24(5)6)18-13-19-31(33)25(7)8/h11-19,22-25H,20-21H2,1-10H3. The number of hydrogen-bond donors (Lipinski definition) is 0. The van der Waals surface area contributed by atoms with Crippen molar-refractivity contribution in [3.63, 3.8) is 0 Å². The summed E-state index contributed by atoms with van der Waals surface area (Å²) in [6, 6.07) is 20.0. The number of benzene rings is 2. The maximum Gasteiger partial charge on any atom is 0.0600 e. The third-order valence-electron chi connectivity index (χ3n) is 7.11. The van der Waals surface area contributed by atoms with Crippen molar-refractivity contribution < 1.29 is 0 Å². The van der Waals surface area contributed by atoms with Crippen molar-refractivity contribution in [3.8, 4) is 0 Å². The lowest BCUT2D eigenvalue weighted by Gasteiger charge is -2.29. The molecule has 0 unspecified atom stereocenters. The van der Waals surface area contributed by atoms with Crippen LogP contribution in [0.1, 0.15) is 113 Å². The molecule has 0 fully saturated rings. The van der Waals surface area contributed by atoms with Gasteiger partial charge < -0.3 is 9.80 Å². The average molecular weight is 486 g/mol. The van der Waals surface area contributed by atoms with E-state index in [1.54, 1.807) is 0 Å².